The normalized spacial score (nSPS) is 11.5. The SMILES string of the molecule is Cc1cccc(C)c1-c1cccc(S(=O)(=O)O)c1. The molecule has 0 aliphatic heterocycles. The highest BCUT2D eigenvalue weighted by Gasteiger charge is 2.12. The molecule has 3 nitrogen and oxygen atoms in total. The van der Waals surface area contributed by atoms with Crippen molar-refractivity contribution in [3.05, 3.63) is 53.6 Å². The number of hydrogen-bond acceptors (Lipinski definition) is 2. The summed E-state index contributed by atoms with van der Waals surface area (Å²) in [6.07, 6.45) is 0. The fourth-order valence-corrected chi connectivity index (χ4v) is 2.61. The topological polar surface area (TPSA) is 54.4 Å². The summed E-state index contributed by atoms with van der Waals surface area (Å²) >= 11 is 0. The molecule has 94 valence electrons. The molecule has 0 fully saturated rings. The third kappa shape index (κ3) is 2.44. The smallest absolute Gasteiger partial charge is 0.282 e. The van der Waals surface area contributed by atoms with Crippen LogP contribution in [0.3, 0.4) is 0 Å². The third-order valence-electron chi connectivity index (χ3n) is 2.90. The highest BCUT2D eigenvalue weighted by atomic mass is 32.2. The van der Waals surface area contributed by atoms with Gasteiger partial charge in [-0.1, -0.05) is 30.3 Å². The second kappa shape index (κ2) is 4.55. The van der Waals surface area contributed by atoms with E-state index in [2.05, 4.69) is 0 Å². The molecule has 0 unspecified atom stereocenters. The highest BCUT2D eigenvalue weighted by molar-refractivity contribution is 7.85. The monoisotopic (exact) mass is 262 g/mol. The van der Waals surface area contributed by atoms with Gasteiger partial charge in [0.25, 0.3) is 10.1 Å². The number of benzene rings is 2. The van der Waals surface area contributed by atoms with Gasteiger partial charge in [-0.3, -0.25) is 4.55 Å². The zero-order valence-electron chi connectivity index (χ0n) is 10.2. The lowest BCUT2D eigenvalue weighted by molar-refractivity contribution is 0.483. The molecule has 4 heteroatoms. The minimum Gasteiger partial charge on any atom is -0.282 e. The van der Waals surface area contributed by atoms with Crippen molar-refractivity contribution in [1.29, 1.82) is 0 Å². The van der Waals surface area contributed by atoms with Crippen LogP contribution in [-0.4, -0.2) is 13.0 Å². The molecule has 0 radical (unpaired) electrons. The van der Waals surface area contributed by atoms with Gasteiger partial charge < -0.3 is 0 Å². The van der Waals surface area contributed by atoms with Gasteiger partial charge in [0.05, 0.1) is 4.90 Å². The highest BCUT2D eigenvalue weighted by Crippen LogP contribution is 2.28. The van der Waals surface area contributed by atoms with Crippen LogP contribution in [-0.2, 0) is 10.1 Å². The van der Waals surface area contributed by atoms with Crippen molar-refractivity contribution >= 4 is 10.1 Å². The van der Waals surface area contributed by atoms with E-state index in [0.29, 0.717) is 0 Å². The van der Waals surface area contributed by atoms with Crippen LogP contribution in [0, 0.1) is 13.8 Å². The van der Waals surface area contributed by atoms with E-state index >= 15 is 0 Å². The van der Waals surface area contributed by atoms with E-state index in [1.165, 1.54) is 12.1 Å². The second-order valence-corrected chi connectivity index (χ2v) is 5.69. The van der Waals surface area contributed by atoms with Crippen LogP contribution in [0.2, 0.25) is 0 Å². The lowest BCUT2D eigenvalue weighted by Crippen LogP contribution is -1.98. The summed E-state index contributed by atoms with van der Waals surface area (Å²) in [5.74, 6) is 0. The second-order valence-electron chi connectivity index (χ2n) is 4.27. The quantitative estimate of drug-likeness (QED) is 0.845. The molecule has 0 spiro atoms. The number of rotatable bonds is 2. The number of hydrogen-bond donors (Lipinski definition) is 1. The minimum absolute atomic E-state index is 0.0809. The van der Waals surface area contributed by atoms with Gasteiger partial charge in [-0.25, -0.2) is 0 Å². The van der Waals surface area contributed by atoms with Crippen molar-refractivity contribution in [2.24, 2.45) is 0 Å². The van der Waals surface area contributed by atoms with E-state index in [1.807, 2.05) is 38.1 Å². The minimum atomic E-state index is -4.16. The Labute approximate surface area is 107 Å². The van der Waals surface area contributed by atoms with Gasteiger partial charge in [-0.2, -0.15) is 8.42 Å². The van der Waals surface area contributed by atoms with Gasteiger partial charge in [0.15, 0.2) is 0 Å². The Morgan fingerprint density at radius 1 is 0.944 bits per heavy atom. The summed E-state index contributed by atoms with van der Waals surface area (Å²) in [7, 11) is -4.16. The van der Waals surface area contributed by atoms with E-state index in [1.54, 1.807) is 6.07 Å². The van der Waals surface area contributed by atoms with Gasteiger partial charge in [0.2, 0.25) is 0 Å². The summed E-state index contributed by atoms with van der Waals surface area (Å²) in [5, 5.41) is 0. The Balaban J connectivity index is 2.66. The lowest BCUT2D eigenvalue weighted by Gasteiger charge is -2.10. The Bertz CT molecular complexity index is 668. The van der Waals surface area contributed by atoms with Crippen molar-refractivity contribution < 1.29 is 13.0 Å². The first kappa shape index (κ1) is 12.8. The molecule has 0 aliphatic carbocycles. The van der Waals surface area contributed by atoms with E-state index in [-0.39, 0.29) is 4.90 Å². The molecular formula is C14H14O3S. The van der Waals surface area contributed by atoms with Crippen molar-refractivity contribution in [3.8, 4) is 11.1 Å². The molecule has 0 aliphatic rings. The summed E-state index contributed by atoms with van der Waals surface area (Å²) in [5.41, 5.74) is 3.94. The molecular weight excluding hydrogens is 248 g/mol. The van der Waals surface area contributed by atoms with E-state index in [9.17, 15) is 8.42 Å². The Morgan fingerprint density at radius 2 is 1.50 bits per heavy atom. The molecule has 0 saturated carbocycles. The molecule has 1 N–H and O–H groups in total. The van der Waals surface area contributed by atoms with Crippen molar-refractivity contribution in [2.75, 3.05) is 0 Å². The van der Waals surface area contributed by atoms with E-state index in [0.717, 1.165) is 22.3 Å². The zero-order chi connectivity index (χ0) is 13.3. The summed E-state index contributed by atoms with van der Waals surface area (Å²) < 4.78 is 31.4. The zero-order valence-corrected chi connectivity index (χ0v) is 11.0. The molecule has 0 bridgehead atoms. The maximum absolute atomic E-state index is 11.1. The average molecular weight is 262 g/mol. The van der Waals surface area contributed by atoms with E-state index in [4.69, 9.17) is 4.55 Å². The van der Waals surface area contributed by atoms with E-state index < -0.39 is 10.1 Å². The molecule has 0 heterocycles. The molecule has 2 aromatic carbocycles. The largest absolute Gasteiger partial charge is 0.294 e. The van der Waals surface area contributed by atoms with Gasteiger partial charge in [-0.15, -0.1) is 0 Å². The van der Waals surface area contributed by atoms with Crippen LogP contribution in [0.25, 0.3) is 11.1 Å². The first-order valence-corrected chi connectivity index (χ1v) is 6.98. The third-order valence-corrected chi connectivity index (χ3v) is 3.75. The lowest BCUT2D eigenvalue weighted by atomic mass is 9.96. The van der Waals surface area contributed by atoms with Crippen LogP contribution in [0.1, 0.15) is 11.1 Å². The molecule has 2 aromatic rings. The molecule has 0 saturated heterocycles. The first-order chi connectivity index (χ1) is 8.39. The van der Waals surface area contributed by atoms with Gasteiger partial charge in [-0.05, 0) is 48.2 Å². The Morgan fingerprint density at radius 3 is 2.06 bits per heavy atom. The van der Waals surface area contributed by atoms with Gasteiger partial charge >= 0.3 is 0 Å². The predicted molar refractivity (Wildman–Crippen MR) is 71.2 cm³/mol. The summed E-state index contributed by atoms with van der Waals surface area (Å²) in [4.78, 5) is -0.0809. The van der Waals surface area contributed by atoms with Crippen LogP contribution in [0.5, 0.6) is 0 Å². The van der Waals surface area contributed by atoms with Crippen molar-refractivity contribution in [2.45, 2.75) is 18.7 Å². The molecule has 18 heavy (non-hydrogen) atoms. The maximum atomic E-state index is 11.1. The van der Waals surface area contributed by atoms with Gasteiger partial charge in [0.1, 0.15) is 0 Å². The Hall–Kier alpha value is -1.65. The van der Waals surface area contributed by atoms with Gasteiger partial charge in [0, 0.05) is 0 Å². The van der Waals surface area contributed by atoms with Crippen LogP contribution in [0.4, 0.5) is 0 Å². The predicted octanol–water partition coefficient (Wildman–Crippen LogP) is 3.22. The number of aryl methyl sites for hydroxylation is 2. The molecule has 2 rings (SSSR count). The molecule has 0 amide bonds. The van der Waals surface area contributed by atoms with Crippen molar-refractivity contribution in [3.63, 3.8) is 0 Å². The van der Waals surface area contributed by atoms with Crippen molar-refractivity contribution in [1.82, 2.24) is 0 Å². The van der Waals surface area contributed by atoms with Crippen LogP contribution >= 0.6 is 0 Å². The molecule has 0 aromatic heterocycles. The maximum Gasteiger partial charge on any atom is 0.294 e. The Kier molecular flexibility index (Phi) is 3.24. The average Bonchev–Trinajstić information content (AvgIpc) is 2.28. The summed E-state index contributed by atoms with van der Waals surface area (Å²) in [6.45, 7) is 3.95. The standard InChI is InChI=1S/C14H14O3S/c1-10-5-3-6-11(2)14(10)12-7-4-8-13(9-12)18(15,16)17/h3-9H,1-2H3,(H,15,16,17). The van der Waals surface area contributed by atoms with Crippen LogP contribution in [0.15, 0.2) is 47.4 Å². The fourth-order valence-electron chi connectivity index (χ4n) is 2.08. The fraction of sp³-hybridized carbons (Fsp3) is 0.143. The van der Waals surface area contributed by atoms with Crippen LogP contribution < -0.4 is 0 Å². The molecule has 0 atom stereocenters. The summed E-state index contributed by atoms with van der Waals surface area (Å²) in [6, 6.07) is 12.2. The first-order valence-electron chi connectivity index (χ1n) is 5.54.